The number of amides is 1. The summed E-state index contributed by atoms with van der Waals surface area (Å²) in [6.45, 7) is 0. The van der Waals surface area contributed by atoms with E-state index in [9.17, 15) is 4.79 Å². The van der Waals surface area contributed by atoms with Gasteiger partial charge < -0.3 is 5.32 Å². The molecule has 5 rings (SSSR count). The van der Waals surface area contributed by atoms with E-state index in [1.54, 1.807) is 4.90 Å². The second-order valence-corrected chi connectivity index (χ2v) is 9.40. The van der Waals surface area contributed by atoms with Crippen LogP contribution < -0.4 is 5.32 Å². The largest absolute Gasteiger partial charge is 0.338 e. The van der Waals surface area contributed by atoms with Crippen LogP contribution in [-0.4, -0.2) is 22.8 Å². The number of hydrogen-bond acceptors (Lipinski definition) is 2. The molecule has 3 fully saturated rings. The first-order chi connectivity index (χ1) is 14.6. The van der Waals surface area contributed by atoms with E-state index < -0.39 is 5.54 Å². The number of halogens is 1. The standard InChI is InChI=1S/C25H28ClN3O/c26-21-10-6-8-18(16-21)17-7-5-9-20(15-17)25(19-13-14-19)23(30)29(24(27)28-25)22-11-3-1-2-4-12-22/h5-10,15-16,19,22H,1-4,11-14H2,(H2,27,28). The van der Waals surface area contributed by atoms with Gasteiger partial charge in [0, 0.05) is 11.1 Å². The van der Waals surface area contributed by atoms with E-state index in [4.69, 9.17) is 17.0 Å². The smallest absolute Gasteiger partial charge is 0.260 e. The highest BCUT2D eigenvalue weighted by Gasteiger charge is 2.60. The predicted octanol–water partition coefficient (Wildman–Crippen LogP) is 5.70. The lowest BCUT2D eigenvalue weighted by Gasteiger charge is -2.30. The van der Waals surface area contributed by atoms with Crippen molar-refractivity contribution in [2.75, 3.05) is 0 Å². The van der Waals surface area contributed by atoms with Crippen LogP contribution in [0.1, 0.15) is 56.9 Å². The molecule has 1 atom stereocenters. The fourth-order valence-corrected chi connectivity index (χ4v) is 5.48. The highest BCUT2D eigenvalue weighted by atomic mass is 35.5. The molecule has 0 spiro atoms. The van der Waals surface area contributed by atoms with Crippen LogP contribution >= 0.6 is 11.6 Å². The minimum absolute atomic E-state index is 0.0742. The van der Waals surface area contributed by atoms with Crippen LogP contribution in [0.3, 0.4) is 0 Å². The molecular formula is C25H28ClN3O. The number of carbonyl (C=O) groups is 1. The molecule has 30 heavy (non-hydrogen) atoms. The number of hydrogen-bond donors (Lipinski definition) is 2. The van der Waals surface area contributed by atoms with Gasteiger partial charge in [0.25, 0.3) is 5.91 Å². The third-order valence-corrected chi connectivity index (χ3v) is 7.20. The fourth-order valence-electron chi connectivity index (χ4n) is 5.29. The molecule has 2 aliphatic carbocycles. The highest BCUT2D eigenvalue weighted by molar-refractivity contribution is 6.30. The summed E-state index contributed by atoms with van der Waals surface area (Å²) in [7, 11) is 0. The lowest BCUT2D eigenvalue weighted by molar-refractivity contribution is -0.134. The summed E-state index contributed by atoms with van der Waals surface area (Å²) in [5.74, 6) is 0.604. The number of guanidine groups is 1. The van der Waals surface area contributed by atoms with Crippen LogP contribution in [0.25, 0.3) is 11.1 Å². The Hall–Kier alpha value is -2.33. The van der Waals surface area contributed by atoms with Gasteiger partial charge in [-0.15, -0.1) is 0 Å². The van der Waals surface area contributed by atoms with Crippen molar-refractivity contribution in [2.45, 2.75) is 62.9 Å². The molecule has 2 saturated carbocycles. The summed E-state index contributed by atoms with van der Waals surface area (Å²) >= 11 is 6.21. The van der Waals surface area contributed by atoms with Gasteiger partial charge in [0.2, 0.25) is 0 Å². The van der Waals surface area contributed by atoms with E-state index in [0.29, 0.717) is 5.02 Å². The Bertz CT molecular complexity index is 978. The van der Waals surface area contributed by atoms with Crippen LogP contribution in [-0.2, 0) is 10.3 Å². The van der Waals surface area contributed by atoms with Crippen LogP contribution in [0.5, 0.6) is 0 Å². The Balaban J connectivity index is 1.53. The van der Waals surface area contributed by atoms with Crippen molar-refractivity contribution in [3.8, 4) is 11.1 Å². The van der Waals surface area contributed by atoms with Gasteiger partial charge in [-0.1, -0.05) is 67.6 Å². The normalized spacial score (nSPS) is 25.3. The molecule has 0 radical (unpaired) electrons. The minimum atomic E-state index is -0.808. The third-order valence-electron chi connectivity index (χ3n) is 6.97. The maximum atomic E-state index is 13.9. The van der Waals surface area contributed by atoms with Crippen LogP contribution in [0.4, 0.5) is 0 Å². The topological polar surface area (TPSA) is 56.2 Å². The average Bonchev–Trinajstić information content (AvgIpc) is 3.58. The molecule has 1 saturated heterocycles. The summed E-state index contributed by atoms with van der Waals surface area (Å²) in [5, 5.41) is 12.8. The number of carbonyl (C=O) groups excluding carboxylic acids is 1. The van der Waals surface area contributed by atoms with Crippen molar-refractivity contribution in [2.24, 2.45) is 5.92 Å². The predicted molar refractivity (Wildman–Crippen MR) is 120 cm³/mol. The van der Waals surface area contributed by atoms with Gasteiger partial charge in [0.15, 0.2) is 5.96 Å². The summed E-state index contributed by atoms with van der Waals surface area (Å²) < 4.78 is 0. The fraction of sp³-hybridized carbons (Fsp3) is 0.440. The molecule has 156 valence electrons. The van der Waals surface area contributed by atoms with Gasteiger partial charge in [-0.25, -0.2) is 0 Å². The SMILES string of the molecule is N=C1NC(c2cccc(-c3cccc(Cl)c3)c2)(C2CC2)C(=O)N1C1CCCCCC1. The molecule has 4 nitrogen and oxygen atoms in total. The number of benzene rings is 2. The maximum Gasteiger partial charge on any atom is 0.260 e. The first-order valence-corrected chi connectivity index (χ1v) is 11.5. The zero-order valence-electron chi connectivity index (χ0n) is 17.2. The lowest BCUT2D eigenvalue weighted by atomic mass is 9.83. The third kappa shape index (κ3) is 3.31. The average molecular weight is 422 g/mol. The molecule has 1 aliphatic heterocycles. The number of nitrogens with zero attached hydrogens (tertiary/aromatic N) is 1. The van der Waals surface area contributed by atoms with E-state index in [0.717, 1.165) is 55.2 Å². The van der Waals surface area contributed by atoms with E-state index in [2.05, 4.69) is 17.4 Å². The molecule has 1 unspecified atom stereocenters. The van der Waals surface area contributed by atoms with Gasteiger partial charge in [-0.05, 0) is 66.5 Å². The summed E-state index contributed by atoms with van der Waals surface area (Å²) in [4.78, 5) is 15.7. The van der Waals surface area contributed by atoms with Gasteiger partial charge in [0.05, 0.1) is 0 Å². The Morgan fingerprint density at radius 2 is 1.60 bits per heavy atom. The van der Waals surface area contributed by atoms with Crippen molar-refractivity contribution < 1.29 is 4.79 Å². The Kier molecular flexibility index (Phi) is 5.06. The Morgan fingerprint density at radius 1 is 0.933 bits per heavy atom. The first-order valence-electron chi connectivity index (χ1n) is 11.2. The molecule has 1 heterocycles. The minimum Gasteiger partial charge on any atom is -0.338 e. The van der Waals surface area contributed by atoms with Crippen molar-refractivity contribution in [3.05, 3.63) is 59.1 Å². The van der Waals surface area contributed by atoms with Gasteiger partial charge in [0.1, 0.15) is 5.54 Å². The number of nitrogens with one attached hydrogen (secondary N) is 2. The monoisotopic (exact) mass is 421 g/mol. The molecule has 2 aromatic carbocycles. The van der Waals surface area contributed by atoms with E-state index in [-0.39, 0.29) is 23.8 Å². The Labute approximate surface area is 183 Å². The maximum absolute atomic E-state index is 13.9. The molecule has 1 amide bonds. The second kappa shape index (κ2) is 7.73. The quantitative estimate of drug-likeness (QED) is 0.622. The highest BCUT2D eigenvalue weighted by Crippen LogP contribution is 2.50. The first kappa shape index (κ1) is 19.6. The van der Waals surface area contributed by atoms with Crippen molar-refractivity contribution in [1.82, 2.24) is 10.2 Å². The van der Waals surface area contributed by atoms with Crippen molar-refractivity contribution in [3.63, 3.8) is 0 Å². The lowest BCUT2D eigenvalue weighted by Crippen LogP contribution is -2.47. The van der Waals surface area contributed by atoms with Crippen LogP contribution in [0, 0.1) is 11.3 Å². The van der Waals surface area contributed by atoms with E-state index in [1.165, 1.54) is 12.8 Å². The summed E-state index contributed by atoms with van der Waals surface area (Å²) in [5.41, 5.74) is 2.24. The molecule has 2 N–H and O–H groups in total. The van der Waals surface area contributed by atoms with E-state index in [1.807, 2.05) is 36.4 Å². The molecule has 3 aliphatic rings. The molecule has 2 aromatic rings. The molecule has 0 bridgehead atoms. The van der Waals surface area contributed by atoms with Crippen LogP contribution in [0.2, 0.25) is 5.02 Å². The van der Waals surface area contributed by atoms with Gasteiger partial charge >= 0.3 is 0 Å². The van der Waals surface area contributed by atoms with Crippen LogP contribution in [0.15, 0.2) is 48.5 Å². The van der Waals surface area contributed by atoms with Crippen molar-refractivity contribution in [1.29, 1.82) is 5.41 Å². The Morgan fingerprint density at radius 3 is 2.27 bits per heavy atom. The van der Waals surface area contributed by atoms with Crippen molar-refractivity contribution >= 4 is 23.5 Å². The zero-order valence-corrected chi connectivity index (χ0v) is 17.9. The molecule has 5 heteroatoms. The summed E-state index contributed by atoms with van der Waals surface area (Å²) in [6.07, 6.45) is 8.78. The number of rotatable bonds is 4. The van der Waals surface area contributed by atoms with Gasteiger partial charge in [-0.3, -0.25) is 15.1 Å². The van der Waals surface area contributed by atoms with Gasteiger partial charge in [-0.2, -0.15) is 0 Å². The van der Waals surface area contributed by atoms with E-state index >= 15 is 0 Å². The second-order valence-electron chi connectivity index (χ2n) is 8.97. The summed E-state index contributed by atoms with van der Waals surface area (Å²) in [6, 6.07) is 16.2. The molecular weight excluding hydrogens is 394 g/mol. The zero-order chi connectivity index (χ0) is 20.7. The molecule has 0 aromatic heterocycles.